The zero-order valence-corrected chi connectivity index (χ0v) is 19.7. The van der Waals surface area contributed by atoms with Gasteiger partial charge in [-0.05, 0) is 44.5 Å². The van der Waals surface area contributed by atoms with Crippen molar-refractivity contribution < 1.29 is 23.8 Å². The zero-order chi connectivity index (χ0) is 23.5. The quantitative estimate of drug-likeness (QED) is 0.276. The van der Waals surface area contributed by atoms with Crippen LogP contribution >= 0.6 is 22.7 Å². The molecule has 10 heteroatoms. The van der Waals surface area contributed by atoms with Gasteiger partial charge in [-0.25, -0.2) is 9.78 Å². The standard InChI is InChI=1S/C23H19N3O5S2/c1-4-29-23(28)19-12(2)20(13(3)27)33-22(19)25-9-15(8-24)21-26-16(10-32-21)14-5-6-17-18(7-14)31-11-30-17/h5-7,9-10,25H,4,11H2,1-3H3/b15-9-. The molecule has 3 aromatic rings. The fourth-order valence-corrected chi connectivity index (χ4v) is 5.12. The number of Topliss-reactive ketones (excluding diaryl/α,β-unsaturated/α-hetero) is 1. The van der Waals surface area contributed by atoms with Crippen molar-refractivity contribution in [1.29, 1.82) is 5.26 Å². The molecule has 1 N–H and O–H groups in total. The van der Waals surface area contributed by atoms with Crippen LogP contribution in [0.5, 0.6) is 11.5 Å². The van der Waals surface area contributed by atoms with Gasteiger partial charge >= 0.3 is 5.97 Å². The third kappa shape index (κ3) is 4.46. The summed E-state index contributed by atoms with van der Waals surface area (Å²) in [7, 11) is 0. The second kappa shape index (κ2) is 9.44. The molecule has 0 radical (unpaired) electrons. The van der Waals surface area contributed by atoms with Gasteiger partial charge in [0.15, 0.2) is 17.3 Å². The first-order chi connectivity index (χ1) is 15.9. The average molecular weight is 482 g/mol. The fourth-order valence-electron chi connectivity index (χ4n) is 3.27. The number of hydrogen-bond acceptors (Lipinski definition) is 10. The van der Waals surface area contributed by atoms with Gasteiger partial charge in [-0.3, -0.25) is 4.79 Å². The number of ether oxygens (including phenoxy) is 3. The van der Waals surface area contributed by atoms with Gasteiger partial charge in [0, 0.05) is 17.1 Å². The summed E-state index contributed by atoms with van der Waals surface area (Å²) in [6.07, 6.45) is 1.49. The van der Waals surface area contributed by atoms with Gasteiger partial charge in [-0.1, -0.05) is 0 Å². The maximum absolute atomic E-state index is 12.5. The number of thiazole rings is 1. The minimum absolute atomic E-state index is 0.145. The largest absolute Gasteiger partial charge is 0.462 e. The molecule has 1 aliphatic rings. The molecular formula is C23H19N3O5S2. The van der Waals surface area contributed by atoms with Crippen LogP contribution in [0.2, 0.25) is 0 Å². The van der Waals surface area contributed by atoms with Crippen LogP contribution < -0.4 is 14.8 Å². The summed E-state index contributed by atoms with van der Waals surface area (Å²) < 4.78 is 15.9. The monoisotopic (exact) mass is 481 g/mol. The lowest BCUT2D eigenvalue weighted by Crippen LogP contribution is -2.08. The summed E-state index contributed by atoms with van der Waals surface area (Å²) in [5.74, 6) is 0.673. The number of nitrogens with zero attached hydrogens (tertiary/aromatic N) is 2. The topological polar surface area (TPSA) is 111 Å². The molecular weight excluding hydrogens is 462 g/mol. The van der Waals surface area contributed by atoms with E-state index in [0.717, 1.165) is 16.9 Å². The van der Waals surface area contributed by atoms with Gasteiger partial charge in [0.25, 0.3) is 0 Å². The molecule has 1 aromatic carbocycles. The number of hydrogen-bond donors (Lipinski definition) is 1. The van der Waals surface area contributed by atoms with Crippen molar-refractivity contribution in [3.63, 3.8) is 0 Å². The third-order valence-corrected chi connectivity index (χ3v) is 7.02. The van der Waals surface area contributed by atoms with Crippen molar-refractivity contribution in [2.45, 2.75) is 20.8 Å². The third-order valence-electron chi connectivity index (χ3n) is 4.82. The Morgan fingerprint density at radius 2 is 2.12 bits per heavy atom. The Morgan fingerprint density at radius 1 is 1.33 bits per heavy atom. The van der Waals surface area contributed by atoms with Gasteiger partial charge in [0.05, 0.1) is 22.7 Å². The molecule has 1 aliphatic heterocycles. The van der Waals surface area contributed by atoms with E-state index in [-0.39, 0.29) is 24.8 Å². The first-order valence-corrected chi connectivity index (χ1v) is 11.7. The molecule has 0 saturated carbocycles. The minimum Gasteiger partial charge on any atom is -0.462 e. The number of fused-ring (bicyclic) bond motifs is 1. The van der Waals surface area contributed by atoms with Gasteiger partial charge < -0.3 is 19.5 Å². The number of nitrogens with one attached hydrogen (secondary N) is 1. The lowest BCUT2D eigenvalue weighted by molar-refractivity contribution is 0.0527. The normalized spacial score (nSPS) is 12.4. The number of anilines is 1. The van der Waals surface area contributed by atoms with E-state index >= 15 is 0 Å². The van der Waals surface area contributed by atoms with Gasteiger partial charge in [-0.15, -0.1) is 22.7 Å². The highest BCUT2D eigenvalue weighted by Gasteiger charge is 2.24. The Labute approximate surface area is 198 Å². The molecule has 0 atom stereocenters. The van der Waals surface area contributed by atoms with Crippen LogP contribution in [0.25, 0.3) is 16.8 Å². The molecule has 0 amide bonds. The molecule has 33 heavy (non-hydrogen) atoms. The number of carbonyl (C=O) groups is 2. The highest BCUT2D eigenvalue weighted by atomic mass is 32.1. The molecule has 0 bridgehead atoms. The van der Waals surface area contributed by atoms with Crippen LogP contribution in [0.3, 0.4) is 0 Å². The molecule has 0 aliphatic carbocycles. The van der Waals surface area contributed by atoms with Crippen LogP contribution in [-0.4, -0.2) is 30.1 Å². The lowest BCUT2D eigenvalue weighted by Gasteiger charge is -2.05. The van der Waals surface area contributed by atoms with Gasteiger partial charge in [0.1, 0.15) is 21.7 Å². The highest BCUT2D eigenvalue weighted by Crippen LogP contribution is 2.37. The molecule has 0 spiro atoms. The maximum Gasteiger partial charge on any atom is 0.341 e. The number of nitriles is 1. The van der Waals surface area contributed by atoms with E-state index < -0.39 is 5.97 Å². The van der Waals surface area contributed by atoms with Crippen LogP contribution in [0.15, 0.2) is 29.8 Å². The first-order valence-electron chi connectivity index (χ1n) is 9.97. The molecule has 3 heterocycles. The van der Waals surface area contributed by atoms with E-state index in [1.165, 1.54) is 24.5 Å². The number of rotatable bonds is 7. The SMILES string of the molecule is CCOC(=O)c1c(N/C=C(/C#N)c2nc(-c3ccc4c(c3)OCO4)cs2)sc(C(C)=O)c1C. The zero-order valence-electron chi connectivity index (χ0n) is 18.1. The number of ketones is 1. The number of thiophene rings is 1. The van der Waals surface area contributed by atoms with Crippen molar-refractivity contribution in [3.8, 4) is 28.8 Å². The smallest absolute Gasteiger partial charge is 0.341 e. The molecule has 2 aromatic heterocycles. The Bertz CT molecular complexity index is 1320. The first kappa shape index (κ1) is 22.5. The number of allylic oxidation sites excluding steroid dienone is 1. The predicted octanol–water partition coefficient (Wildman–Crippen LogP) is 5.26. The predicted molar refractivity (Wildman–Crippen MR) is 126 cm³/mol. The summed E-state index contributed by atoms with van der Waals surface area (Å²) >= 11 is 2.47. The van der Waals surface area contributed by atoms with Crippen molar-refractivity contribution in [2.24, 2.45) is 0 Å². The minimum atomic E-state index is -0.521. The van der Waals surface area contributed by atoms with Crippen molar-refractivity contribution in [2.75, 3.05) is 18.7 Å². The summed E-state index contributed by atoms with van der Waals surface area (Å²) in [5.41, 5.74) is 2.68. The van der Waals surface area contributed by atoms with Crippen LogP contribution in [-0.2, 0) is 4.74 Å². The summed E-state index contributed by atoms with van der Waals surface area (Å²) in [5, 5.41) is 15.5. The molecule has 168 valence electrons. The molecule has 8 nitrogen and oxygen atoms in total. The van der Waals surface area contributed by atoms with Crippen molar-refractivity contribution in [1.82, 2.24) is 4.98 Å². The van der Waals surface area contributed by atoms with Gasteiger partial charge in [-0.2, -0.15) is 5.26 Å². The van der Waals surface area contributed by atoms with E-state index in [2.05, 4.69) is 16.4 Å². The molecule has 0 unspecified atom stereocenters. The molecule has 0 fully saturated rings. The number of esters is 1. The van der Waals surface area contributed by atoms with Crippen LogP contribution in [0, 0.1) is 18.3 Å². The highest BCUT2D eigenvalue weighted by molar-refractivity contribution is 7.18. The number of benzene rings is 1. The summed E-state index contributed by atoms with van der Waals surface area (Å²) in [6.45, 7) is 5.27. The Morgan fingerprint density at radius 3 is 2.85 bits per heavy atom. The maximum atomic E-state index is 12.5. The Hall–Kier alpha value is -3.68. The van der Waals surface area contributed by atoms with Crippen LogP contribution in [0.1, 0.15) is 44.4 Å². The number of carbonyl (C=O) groups excluding carboxylic acids is 2. The van der Waals surface area contributed by atoms with E-state index in [9.17, 15) is 14.9 Å². The van der Waals surface area contributed by atoms with E-state index in [4.69, 9.17) is 14.2 Å². The fraction of sp³-hybridized carbons (Fsp3) is 0.217. The number of aromatic nitrogens is 1. The van der Waals surface area contributed by atoms with Crippen molar-refractivity contribution >= 4 is 45.0 Å². The lowest BCUT2D eigenvalue weighted by atomic mass is 10.1. The van der Waals surface area contributed by atoms with E-state index in [1.807, 2.05) is 23.6 Å². The van der Waals surface area contributed by atoms with Gasteiger partial charge in [0.2, 0.25) is 6.79 Å². The Kier molecular flexibility index (Phi) is 6.44. The average Bonchev–Trinajstić information content (AvgIpc) is 3.52. The van der Waals surface area contributed by atoms with Crippen LogP contribution in [0.4, 0.5) is 5.00 Å². The Balaban J connectivity index is 1.62. The molecule has 0 saturated heterocycles. The van der Waals surface area contributed by atoms with Crippen molar-refractivity contribution in [3.05, 3.63) is 50.8 Å². The molecule has 4 rings (SSSR count). The summed E-state index contributed by atoms with van der Waals surface area (Å²) in [6, 6.07) is 7.68. The second-order valence-corrected chi connectivity index (χ2v) is 8.84. The van der Waals surface area contributed by atoms with E-state index in [1.54, 1.807) is 13.8 Å². The summed E-state index contributed by atoms with van der Waals surface area (Å²) in [4.78, 5) is 29.5. The van der Waals surface area contributed by atoms with E-state index in [0.29, 0.717) is 43.2 Å². The second-order valence-electron chi connectivity index (χ2n) is 6.96.